The summed E-state index contributed by atoms with van der Waals surface area (Å²) in [6, 6.07) is 4.69. The molecule has 0 aliphatic rings. The number of thiophene rings is 1. The van der Waals surface area contributed by atoms with Gasteiger partial charge in [-0.1, -0.05) is 18.5 Å². The lowest BCUT2D eigenvalue weighted by Crippen LogP contribution is -2.23. The average molecular weight is 284 g/mol. The van der Waals surface area contributed by atoms with E-state index in [0.717, 1.165) is 10.8 Å². The molecule has 1 N–H and O–H groups in total. The molecule has 98 valence electrons. The van der Waals surface area contributed by atoms with Crippen molar-refractivity contribution >= 4 is 22.9 Å². The van der Waals surface area contributed by atoms with Crippen LogP contribution in [0.25, 0.3) is 0 Å². The van der Waals surface area contributed by atoms with Gasteiger partial charge in [0.05, 0.1) is 10.5 Å². The van der Waals surface area contributed by atoms with E-state index in [9.17, 15) is 0 Å². The van der Waals surface area contributed by atoms with E-state index in [1.165, 1.54) is 10.4 Å². The highest BCUT2D eigenvalue weighted by molar-refractivity contribution is 7.16. The van der Waals surface area contributed by atoms with Crippen molar-refractivity contribution in [1.82, 2.24) is 15.1 Å². The molecule has 0 saturated heterocycles. The molecule has 2 atom stereocenters. The highest BCUT2D eigenvalue weighted by Crippen LogP contribution is 2.30. The number of aryl methyl sites for hydroxylation is 1. The maximum absolute atomic E-state index is 6.00. The molecule has 2 unspecified atom stereocenters. The third kappa shape index (κ3) is 3.13. The summed E-state index contributed by atoms with van der Waals surface area (Å²) in [6.07, 6.45) is 5.00. The van der Waals surface area contributed by atoms with Crippen LogP contribution in [0.15, 0.2) is 24.5 Å². The van der Waals surface area contributed by atoms with Crippen LogP contribution in [-0.2, 0) is 7.05 Å². The summed E-state index contributed by atoms with van der Waals surface area (Å²) in [5.41, 5.74) is 1.21. The Bertz CT molecular complexity index is 506. The van der Waals surface area contributed by atoms with E-state index in [-0.39, 0.29) is 6.04 Å². The van der Waals surface area contributed by atoms with Crippen LogP contribution in [0.3, 0.4) is 0 Å². The first-order valence-electron chi connectivity index (χ1n) is 6.10. The van der Waals surface area contributed by atoms with Gasteiger partial charge in [-0.25, -0.2) is 0 Å². The largest absolute Gasteiger partial charge is 0.303 e. The quantitative estimate of drug-likeness (QED) is 0.901. The first-order chi connectivity index (χ1) is 8.60. The minimum absolute atomic E-state index is 0.282. The van der Waals surface area contributed by atoms with Gasteiger partial charge in [-0.15, -0.1) is 11.3 Å². The van der Waals surface area contributed by atoms with Crippen molar-refractivity contribution < 1.29 is 0 Å². The zero-order chi connectivity index (χ0) is 13.1. The molecule has 3 nitrogen and oxygen atoms in total. The van der Waals surface area contributed by atoms with Crippen molar-refractivity contribution in [1.29, 1.82) is 0 Å². The SMILES string of the molecule is CCC(NC(C)c1cnn(C)c1)c1ccc(Cl)s1. The molecule has 0 fully saturated rings. The third-order valence-corrected chi connectivity index (χ3v) is 4.37. The van der Waals surface area contributed by atoms with Crippen LogP contribution in [0.1, 0.15) is 42.8 Å². The zero-order valence-corrected chi connectivity index (χ0v) is 12.4. The first kappa shape index (κ1) is 13.6. The van der Waals surface area contributed by atoms with E-state index in [2.05, 4.69) is 30.3 Å². The molecular formula is C13H18ClN3S. The van der Waals surface area contributed by atoms with Gasteiger partial charge in [0, 0.05) is 35.8 Å². The van der Waals surface area contributed by atoms with Crippen molar-refractivity contribution in [2.24, 2.45) is 7.05 Å². The number of nitrogens with one attached hydrogen (secondary N) is 1. The molecule has 0 amide bonds. The third-order valence-electron chi connectivity index (χ3n) is 3.02. The molecule has 2 aromatic heterocycles. The minimum atomic E-state index is 0.282. The van der Waals surface area contributed by atoms with Gasteiger partial charge in [0.15, 0.2) is 0 Å². The van der Waals surface area contributed by atoms with Crippen molar-refractivity contribution in [3.8, 4) is 0 Å². The number of hydrogen-bond acceptors (Lipinski definition) is 3. The van der Waals surface area contributed by atoms with Crippen LogP contribution >= 0.6 is 22.9 Å². The first-order valence-corrected chi connectivity index (χ1v) is 7.29. The molecule has 5 heteroatoms. The Morgan fingerprint density at radius 1 is 1.50 bits per heavy atom. The summed E-state index contributed by atoms with van der Waals surface area (Å²) in [5, 5.41) is 7.83. The molecule has 18 heavy (non-hydrogen) atoms. The van der Waals surface area contributed by atoms with E-state index >= 15 is 0 Å². The van der Waals surface area contributed by atoms with Gasteiger partial charge >= 0.3 is 0 Å². The molecule has 2 rings (SSSR count). The second-order valence-corrected chi connectivity index (χ2v) is 6.19. The summed E-state index contributed by atoms with van der Waals surface area (Å²) in [6.45, 7) is 4.34. The van der Waals surface area contributed by atoms with Crippen LogP contribution in [0.2, 0.25) is 4.34 Å². The number of nitrogens with zero attached hydrogens (tertiary/aromatic N) is 2. The molecule has 0 aliphatic carbocycles. The summed E-state index contributed by atoms with van der Waals surface area (Å²) in [7, 11) is 1.94. The normalized spacial score (nSPS) is 14.7. The van der Waals surface area contributed by atoms with Gasteiger partial charge < -0.3 is 5.32 Å². The van der Waals surface area contributed by atoms with Gasteiger partial charge in [0.1, 0.15) is 0 Å². The van der Waals surface area contributed by atoms with Gasteiger partial charge in [-0.05, 0) is 25.5 Å². The maximum atomic E-state index is 6.00. The van der Waals surface area contributed by atoms with Gasteiger partial charge in [0.2, 0.25) is 0 Å². The van der Waals surface area contributed by atoms with E-state index in [0.29, 0.717) is 6.04 Å². The highest BCUT2D eigenvalue weighted by Gasteiger charge is 2.16. The minimum Gasteiger partial charge on any atom is -0.303 e. The second kappa shape index (κ2) is 5.87. The predicted molar refractivity (Wildman–Crippen MR) is 77.1 cm³/mol. The predicted octanol–water partition coefficient (Wildman–Crippen LogP) is 3.94. The molecular weight excluding hydrogens is 266 g/mol. The summed E-state index contributed by atoms with van der Waals surface area (Å²) in [4.78, 5) is 1.29. The Hall–Kier alpha value is -0.840. The maximum Gasteiger partial charge on any atom is 0.0931 e. The standard InChI is InChI=1S/C13H18ClN3S/c1-4-11(12-5-6-13(14)18-12)16-9(2)10-7-15-17(3)8-10/h5-9,11,16H,4H2,1-3H3. The second-order valence-electron chi connectivity index (χ2n) is 4.44. The van der Waals surface area contributed by atoms with Crippen LogP contribution in [0.4, 0.5) is 0 Å². The molecule has 0 spiro atoms. The lowest BCUT2D eigenvalue weighted by atomic mass is 10.1. The van der Waals surface area contributed by atoms with Gasteiger partial charge in [0.25, 0.3) is 0 Å². The van der Waals surface area contributed by atoms with Crippen molar-refractivity contribution in [2.45, 2.75) is 32.4 Å². The van der Waals surface area contributed by atoms with Crippen molar-refractivity contribution in [3.63, 3.8) is 0 Å². The Morgan fingerprint density at radius 2 is 2.28 bits per heavy atom. The number of aromatic nitrogens is 2. The van der Waals surface area contributed by atoms with E-state index in [1.807, 2.05) is 30.2 Å². The molecule has 2 heterocycles. The van der Waals surface area contributed by atoms with Crippen LogP contribution < -0.4 is 5.32 Å². The molecule has 0 bridgehead atoms. The Morgan fingerprint density at radius 3 is 2.78 bits per heavy atom. The average Bonchev–Trinajstić information content (AvgIpc) is 2.94. The highest BCUT2D eigenvalue weighted by atomic mass is 35.5. The van der Waals surface area contributed by atoms with Crippen LogP contribution in [0.5, 0.6) is 0 Å². The monoisotopic (exact) mass is 283 g/mol. The molecule has 2 aromatic rings. The van der Waals surface area contributed by atoms with Crippen molar-refractivity contribution in [2.75, 3.05) is 0 Å². The summed E-state index contributed by atoms with van der Waals surface area (Å²) in [5.74, 6) is 0. The Kier molecular flexibility index (Phi) is 4.43. The van der Waals surface area contributed by atoms with E-state index in [4.69, 9.17) is 11.6 Å². The van der Waals surface area contributed by atoms with E-state index < -0.39 is 0 Å². The topological polar surface area (TPSA) is 29.9 Å². The molecule has 0 saturated carbocycles. The van der Waals surface area contributed by atoms with E-state index in [1.54, 1.807) is 11.3 Å². The smallest absolute Gasteiger partial charge is 0.0931 e. The number of hydrogen-bond donors (Lipinski definition) is 1. The Balaban J connectivity index is 2.06. The fourth-order valence-electron chi connectivity index (χ4n) is 1.98. The lowest BCUT2D eigenvalue weighted by Gasteiger charge is -2.20. The number of halogens is 1. The molecule has 0 aliphatic heterocycles. The Labute approximate surface area is 117 Å². The lowest BCUT2D eigenvalue weighted by molar-refractivity contribution is 0.462. The summed E-state index contributed by atoms with van der Waals surface area (Å²) >= 11 is 7.64. The van der Waals surface area contributed by atoms with Crippen molar-refractivity contribution in [3.05, 3.63) is 39.3 Å². The summed E-state index contributed by atoms with van der Waals surface area (Å²) < 4.78 is 2.68. The zero-order valence-electron chi connectivity index (χ0n) is 10.9. The number of rotatable bonds is 5. The fourth-order valence-corrected chi connectivity index (χ4v) is 3.18. The molecule has 0 aromatic carbocycles. The molecule has 0 radical (unpaired) electrons. The fraction of sp³-hybridized carbons (Fsp3) is 0.462. The van der Waals surface area contributed by atoms with Gasteiger partial charge in [-0.3, -0.25) is 4.68 Å². The van der Waals surface area contributed by atoms with Crippen LogP contribution in [0, 0.1) is 0 Å². The van der Waals surface area contributed by atoms with Crippen LogP contribution in [-0.4, -0.2) is 9.78 Å². The van der Waals surface area contributed by atoms with Gasteiger partial charge in [-0.2, -0.15) is 5.10 Å².